The van der Waals surface area contributed by atoms with E-state index in [4.69, 9.17) is 11.6 Å². The third-order valence-corrected chi connectivity index (χ3v) is 5.74. The van der Waals surface area contributed by atoms with Crippen LogP contribution in [-0.4, -0.2) is 19.9 Å². The summed E-state index contributed by atoms with van der Waals surface area (Å²) in [5.74, 6) is 0.814. The third kappa shape index (κ3) is 3.72. The second-order valence-electron chi connectivity index (χ2n) is 5.39. The van der Waals surface area contributed by atoms with E-state index in [1.54, 1.807) is 0 Å². The van der Waals surface area contributed by atoms with Gasteiger partial charge in [-0.2, -0.15) is 0 Å². The number of nitrogens with one attached hydrogen (secondary N) is 1. The van der Waals surface area contributed by atoms with Crippen LogP contribution in [0.2, 0.25) is 5.02 Å². The van der Waals surface area contributed by atoms with Gasteiger partial charge in [-0.3, -0.25) is 10.1 Å². The van der Waals surface area contributed by atoms with E-state index in [0.717, 1.165) is 25.3 Å². The van der Waals surface area contributed by atoms with Crippen molar-refractivity contribution in [2.75, 3.05) is 6.54 Å². The molecule has 8 heteroatoms. The molecule has 2 atom stereocenters. The molecule has 2 unspecified atom stereocenters. The van der Waals surface area contributed by atoms with Gasteiger partial charge in [0.05, 0.1) is 9.82 Å². The molecule has 2 rings (SSSR count). The molecule has 1 aliphatic carbocycles. The number of nitro groups is 1. The zero-order valence-corrected chi connectivity index (χ0v) is 13.2. The van der Waals surface area contributed by atoms with Gasteiger partial charge in [0.1, 0.15) is 5.02 Å². The van der Waals surface area contributed by atoms with E-state index in [1.165, 1.54) is 12.1 Å². The van der Waals surface area contributed by atoms with Gasteiger partial charge in [0, 0.05) is 12.6 Å². The zero-order valence-electron chi connectivity index (χ0n) is 11.6. The Morgan fingerprint density at radius 1 is 1.43 bits per heavy atom. The van der Waals surface area contributed by atoms with Crippen LogP contribution in [0.5, 0.6) is 0 Å². The molecule has 0 aliphatic heterocycles. The van der Waals surface area contributed by atoms with Crippen molar-refractivity contribution in [1.29, 1.82) is 0 Å². The molecule has 0 aromatic heterocycles. The number of nitrogens with zero attached hydrogens (tertiary/aromatic N) is 1. The molecule has 0 saturated heterocycles. The lowest BCUT2D eigenvalue weighted by Gasteiger charge is -2.16. The molecular weight excluding hydrogens is 316 g/mol. The van der Waals surface area contributed by atoms with Crippen molar-refractivity contribution in [3.63, 3.8) is 0 Å². The molecule has 6 nitrogen and oxygen atoms in total. The number of rotatable bonds is 5. The SMILES string of the molecule is CC1CCCC1CNS(=O)(=O)c1ccc(Cl)c([N+](=O)[O-])c1. The summed E-state index contributed by atoms with van der Waals surface area (Å²) in [7, 11) is -3.76. The Morgan fingerprint density at radius 3 is 2.71 bits per heavy atom. The molecule has 0 bridgehead atoms. The molecule has 0 heterocycles. The number of nitro benzene ring substituents is 1. The van der Waals surface area contributed by atoms with Crippen molar-refractivity contribution < 1.29 is 13.3 Å². The fraction of sp³-hybridized carbons (Fsp3) is 0.538. The van der Waals surface area contributed by atoms with Crippen molar-refractivity contribution in [3.8, 4) is 0 Å². The second kappa shape index (κ2) is 6.29. The predicted octanol–water partition coefficient (Wildman–Crippen LogP) is 2.96. The Labute approximate surface area is 128 Å². The summed E-state index contributed by atoms with van der Waals surface area (Å²) in [5.41, 5.74) is -0.409. The van der Waals surface area contributed by atoms with Gasteiger partial charge in [0.25, 0.3) is 5.69 Å². The standard InChI is InChI=1S/C13H17ClN2O4S/c1-9-3-2-4-10(9)8-15-21(19,20)11-5-6-12(14)13(7-11)16(17)18/h5-7,9-10,15H,2-4,8H2,1H3. The average molecular weight is 333 g/mol. The molecule has 21 heavy (non-hydrogen) atoms. The molecule has 1 saturated carbocycles. The normalized spacial score (nSPS) is 22.4. The summed E-state index contributed by atoms with van der Waals surface area (Å²) >= 11 is 5.68. The average Bonchev–Trinajstić information content (AvgIpc) is 2.82. The first-order valence-corrected chi connectivity index (χ1v) is 8.61. The van der Waals surface area contributed by atoms with Gasteiger partial charge in [-0.25, -0.2) is 13.1 Å². The van der Waals surface area contributed by atoms with E-state index in [9.17, 15) is 18.5 Å². The molecule has 1 aromatic carbocycles. The van der Waals surface area contributed by atoms with Crippen LogP contribution in [-0.2, 0) is 10.0 Å². The van der Waals surface area contributed by atoms with E-state index in [2.05, 4.69) is 11.6 Å². The second-order valence-corrected chi connectivity index (χ2v) is 7.56. The van der Waals surface area contributed by atoms with Gasteiger partial charge in [-0.1, -0.05) is 31.4 Å². The van der Waals surface area contributed by atoms with Gasteiger partial charge in [0.15, 0.2) is 0 Å². The molecular formula is C13H17ClN2O4S. The Kier molecular flexibility index (Phi) is 4.85. The lowest BCUT2D eigenvalue weighted by atomic mass is 9.99. The number of sulfonamides is 1. The summed E-state index contributed by atoms with van der Waals surface area (Å²) in [5, 5.41) is 10.7. The van der Waals surface area contributed by atoms with Crippen molar-refractivity contribution in [3.05, 3.63) is 33.3 Å². The third-order valence-electron chi connectivity index (χ3n) is 4.00. The van der Waals surface area contributed by atoms with Crippen LogP contribution in [0, 0.1) is 22.0 Å². The minimum atomic E-state index is -3.76. The van der Waals surface area contributed by atoms with Gasteiger partial charge >= 0.3 is 0 Å². The number of hydrogen-bond donors (Lipinski definition) is 1. The number of hydrogen-bond acceptors (Lipinski definition) is 4. The highest BCUT2D eigenvalue weighted by Gasteiger charge is 2.26. The summed E-state index contributed by atoms with van der Waals surface area (Å²) in [6.07, 6.45) is 3.23. The minimum absolute atomic E-state index is 0.0802. The van der Waals surface area contributed by atoms with Gasteiger partial charge in [0.2, 0.25) is 10.0 Å². The zero-order chi connectivity index (χ0) is 15.6. The van der Waals surface area contributed by atoms with E-state index in [0.29, 0.717) is 18.4 Å². The summed E-state index contributed by atoms with van der Waals surface area (Å²) in [4.78, 5) is 9.99. The van der Waals surface area contributed by atoms with Crippen LogP contribution >= 0.6 is 11.6 Å². The van der Waals surface area contributed by atoms with E-state index >= 15 is 0 Å². The lowest BCUT2D eigenvalue weighted by Crippen LogP contribution is -2.30. The number of halogens is 1. The topological polar surface area (TPSA) is 89.3 Å². The molecule has 116 valence electrons. The monoisotopic (exact) mass is 332 g/mol. The smallest absolute Gasteiger partial charge is 0.258 e. The molecule has 1 fully saturated rings. The molecule has 1 aliphatic rings. The summed E-state index contributed by atoms with van der Waals surface area (Å²) in [6, 6.07) is 3.49. The minimum Gasteiger partial charge on any atom is -0.258 e. The number of benzene rings is 1. The molecule has 0 spiro atoms. The van der Waals surface area contributed by atoms with Crippen molar-refractivity contribution in [2.45, 2.75) is 31.1 Å². The van der Waals surface area contributed by atoms with Crippen LogP contribution in [0.4, 0.5) is 5.69 Å². The largest absolute Gasteiger partial charge is 0.289 e. The Balaban J connectivity index is 2.15. The lowest BCUT2D eigenvalue weighted by molar-refractivity contribution is -0.384. The first-order valence-electron chi connectivity index (χ1n) is 6.75. The van der Waals surface area contributed by atoms with Gasteiger partial charge in [-0.05, 0) is 30.4 Å². The Morgan fingerprint density at radius 2 is 2.14 bits per heavy atom. The van der Waals surface area contributed by atoms with Crippen LogP contribution in [0.25, 0.3) is 0 Å². The van der Waals surface area contributed by atoms with Crippen molar-refractivity contribution in [1.82, 2.24) is 4.72 Å². The molecule has 1 aromatic rings. The molecule has 0 radical (unpaired) electrons. The van der Waals surface area contributed by atoms with Crippen LogP contribution in [0.3, 0.4) is 0 Å². The molecule has 1 N–H and O–H groups in total. The summed E-state index contributed by atoms with van der Waals surface area (Å²) in [6.45, 7) is 2.47. The maximum absolute atomic E-state index is 12.2. The van der Waals surface area contributed by atoms with Crippen LogP contribution < -0.4 is 4.72 Å². The van der Waals surface area contributed by atoms with Crippen molar-refractivity contribution >= 4 is 27.3 Å². The van der Waals surface area contributed by atoms with Gasteiger partial charge < -0.3 is 0 Å². The highest BCUT2D eigenvalue weighted by molar-refractivity contribution is 7.89. The molecule has 0 amide bonds. The van der Waals surface area contributed by atoms with Gasteiger partial charge in [-0.15, -0.1) is 0 Å². The van der Waals surface area contributed by atoms with E-state index in [-0.39, 0.29) is 9.92 Å². The Bertz CT molecular complexity index is 648. The van der Waals surface area contributed by atoms with Crippen LogP contribution in [0.15, 0.2) is 23.1 Å². The fourth-order valence-corrected chi connectivity index (χ4v) is 3.93. The van der Waals surface area contributed by atoms with E-state index < -0.39 is 20.6 Å². The first kappa shape index (κ1) is 16.2. The maximum Gasteiger partial charge on any atom is 0.289 e. The highest BCUT2D eigenvalue weighted by Crippen LogP contribution is 2.31. The highest BCUT2D eigenvalue weighted by atomic mass is 35.5. The van der Waals surface area contributed by atoms with Crippen molar-refractivity contribution in [2.24, 2.45) is 11.8 Å². The fourth-order valence-electron chi connectivity index (χ4n) is 2.63. The van der Waals surface area contributed by atoms with E-state index in [1.807, 2.05) is 0 Å². The quantitative estimate of drug-likeness (QED) is 0.663. The predicted molar refractivity (Wildman–Crippen MR) is 79.8 cm³/mol. The summed E-state index contributed by atoms with van der Waals surface area (Å²) < 4.78 is 26.9. The van der Waals surface area contributed by atoms with Crippen LogP contribution in [0.1, 0.15) is 26.2 Å². The maximum atomic E-state index is 12.2. The Hall–Kier alpha value is -1.18. The first-order chi connectivity index (χ1) is 9.81.